The molecule has 1 aromatic rings. The lowest BCUT2D eigenvalue weighted by Gasteiger charge is -2.35. The topological polar surface area (TPSA) is 23.6 Å². The highest BCUT2D eigenvalue weighted by Crippen LogP contribution is 2.20. The summed E-state index contributed by atoms with van der Waals surface area (Å²) in [7, 11) is 1.91. The lowest BCUT2D eigenvalue weighted by Crippen LogP contribution is -2.44. The van der Waals surface area contributed by atoms with E-state index >= 15 is 0 Å². The molecule has 0 bridgehead atoms. The summed E-state index contributed by atoms with van der Waals surface area (Å²) in [6, 6.07) is 8.57. The van der Waals surface area contributed by atoms with Gasteiger partial charge in [0.15, 0.2) is 0 Å². The van der Waals surface area contributed by atoms with Crippen molar-refractivity contribution >= 4 is 5.91 Å². The van der Waals surface area contributed by atoms with Gasteiger partial charge in [-0.1, -0.05) is 45.0 Å². The van der Waals surface area contributed by atoms with Crippen LogP contribution in [0.4, 0.5) is 0 Å². The van der Waals surface area contributed by atoms with E-state index in [2.05, 4.69) is 49.9 Å². The minimum absolute atomic E-state index is 0.223. The summed E-state index contributed by atoms with van der Waals surface area (Å²) in [5.41, 5.74) is 2.54. The molecule has 3 heteroatoms. The van der Waals surface area contributed by atoms with Gasteiger partial charge in [-0.15, -0.1) is 0 Å². The second-order valence-corrected chi connectivity index (χ2v) is 7.06. The number of nitrogens with zero attached hydrogens (tertiary/aromatic N) is 2. The Labute approximate surface area is 135 Å². The third-order valence-corrected chi connectivity index (χ3v) is 4.58. The normalized spacial score (nSPS) is 22.5. The van der Waals surface area contributed by atoms with Gasteiger partial charge in [0.1, 0.15) is 0 Å². The molecule has 0 saturated carbocycles. The molecule has 2 atom stereocenters. The lowest BCUT2D eigenvalue weighted by atomic mass is 9.92. The maximum Gasteiger partial charge on any atom is 0.236 e. The summed E-state index contributed by atoms with van der Waals surface area (Å²) in [5.74, 6) is 1.62. The molecule has 0 radical (unpaired) electrons. The first kappa shape index (κ1) is 17.0. The maximum atomic E-state index is 12.4. The third kappa shape index (κ3) is 4.84. The molecule has 0 aliphatic carbocycles. The monoisotopic (exact) mass is 302 g/mol. The number of piperidine rings is 1. The second-order valence-electron chi connectivity index (χ2n) is 7.06. The number of amides is 1. The van der Waals surface area contributed by atoms with E-state index in [1.165, 1.54) is 17.5 Å². The van der Waals surface area contributed by atoms with Gasteiger partial charge in [-0.3, -0.25) is 9.69 Å². The number of hydrogen-bond acceptors (Lipinski definition) is 2. The van der Waals surface area contributed by atoms with Crippen LogP contribution in [0.15, 0.2) is 24.3 Å². The summed E-state index contributed by atoms with van der Waals surface area (Å²) in [4.78, 5) is 16.6. The molecule has 1 saturated heterocycles. The highest BCUT2D eigenvalue weighted by molar-refractivity contribution is 5.78. The second kappa shape index (κ2) is 7.77. The predicted octanol–water partition coefficient (Wildman–Crippen LogP) is 3.19. The number of carbonyl (C=O) groups is 1. The fourth-order valence-electron chi connectivity index (χ4n) is 3.48. The van der Waals surface area contributed by atoms with Crippen LogP contribution < -0.4 is 0 Å². The molecule has 3 nitrogen and oxygen atoms in total. The smallest absolute Gasteiger partial charge is 0.236 e. The zero-order chi connectivity index (χ0) is 16.1. The van der Waals surface area contributed by atoms with Gasteiger partial charge in [0.25, 0.3) is 0 Å². The molecule has 1 aromatic carbocycles. The SMILES string of the molecule is CCc1ccc(CN(C)C(=O)CN2CC(C)CC(C)C2)cc1. The van der Waals surface area contributed by atoms with Crippen LogP contribution in [0.3, 0.4) is 0 Å². The summed E-state index contributed by atoms with van der Waals surface area (Å²) in [5, 5.41) is 0. The fourth-order valence-corrected chi connectivity index (χ4v) is 3.48. The Morgan fingerprint density at radius 1 is 1.14 bits per heavy atom. The van der Waals surface area contributed by atoms with Gasteiger partial charge in [0.2, 0.25) is 5.91 Å². The first-order chi connectivity index (χ1) is 10.5. The van der Waals surface area contributed by atoms with Gasteiger partial charge in [-0.05, 0) is 35.8 Å². The maximum absolute atomic E-state index is 12.4. The molecular formula is C19H30N2O. The van der Waals surface area contributed by atoms with Crippen LogP contribution in [0.1, 0.15) is 38.3 Å². The largest absolute Gasteiger partial charge is 0.340 e. The fraction of sp³-hybridized carbons (Fsp3) is 0.632. The molecule has 1 fully saturated rings. The van der Waals surface area contributed by atoms with Crippen molar-refractivity contribution < 1.29 is 4.79 Å². The Morgan fingerprint density at radius 3 is 2.23 bits per heavy atom. The summed E-state index contributed by atoms with van der Waals surface area (Å²) in [6.45, 7) is 10.1. The van der Waals surface area contributed by atoms with E-state index in [1.54, 1.807) is 0 Å². The van der Waals surface area contributed by atoms with Crippen LogP contribution in [0.2, 0.25) is 0 Å². The average Bonchev–Trinajstić information content (AvgIpc) is 2.46. The van der Waals surface area contributed by atoms with Crippen LogP contribution in [-0.2, 0) is 17.8 Å². The molecule has 1 aliphatic rings. The molecule has 1 heterocycles. The molecule has 0 N–H and O–H groups in total. The van der Waals surface area contributed by atoms with Crippen LogP contribution >= 0.6 is 0 Å². The van der Waals surface area contributed by atoms with Gasteiger partial charge >= 0.3 is 0 Å². The van der Waals surface area contributed by atoms with Crippen molar-refractivity contribution in [1.29, 1.82) is 0 Å². The Balaban J connectivity index is 1.85. The van der Waals surface area contributed by atoms with Crippen molar-refractivity contribution in [3.8, 4) is 0 Å². The molecule has 1 amide bonds. The van der Waals surface area contributed by atoms with Gasteiger partial charge in [-0.25, -0.2) is 0 Å². The van der Waals surface area contributed by atoms with Crippen LogP contribution in [-0.4, -0.2) is 42.4 Å². The van der Waals surface area contributed by atoms with E-state index in [9.17, 15) is 4.79 Å². The first-order valence-electron chi connectivity index (χ1n) is 8.52. The van der Waals surface area contributed by atoms with Crippen molar-refractivity contribution in [2.75, 3.05) is 26.7 Å². The van der Waals surface area contributed by atoms with Crippen LogP contribution in [0.5, 0.6) is 0 Å². The van der Waals surface area contributed by atoms with Gasteiger partial charge < -0.3 is 4.90 Å². The highest BCUT2D eigenvalue weighted by Gasteiger charge is 2.24. The molecule has 0 spiro atoms. The molecule has 22 heavy (non-hydrogen) atoms. The summed E-state index contributed by atoms with van der Waals surface area (Å²) in [6.07, 6.45) is 2.34. The Morgan fingerprint density at radius 2 is 1.68 bits per heavy atom. The van der Waals surface area contributed by atoms with Crippen molar-refractivity contribution in [2.45, 2.75) is 40.2 Å². The Hall–Kier alpha value is -1.35. The van der Waals surface area contributed by atoms with Gasteiger partial charge in [0.05, 0.1) is 6.54 Å². The molecule has 0 aromatic heterocycles. The van der Waals surface area contributed by atoms with E-state index in [0.717, 1.165) is 19.5 Å². The van der Waals surface area contributed by atoms with Gasteiger partial charge in [0, 0.05) is 26.7 Å². The van der Waals surface area contributed by atoms with E-state index in [0.29, 0.717) is 24.9 Å². The number of carbonyl (C=O) groups excluding carboxylic acids is 1. The van der Waals surface area contributed by atoms with Crippen molar-refractivity contribution in [2.24, 2.45) is 11.8 Å². The standard InChI is InChI=1S/C19H30N2O/c1-5-17-6-8-18(9-7-17)13-20(4)19(22)14-21-11-15(2)10-16(3)12-21/h6-9,15-16H,5,10-14H2,1-4H3. The van der Waals surface area contributed by atoms with E-state index < -0.39 is 0 Å². The molecule has 2 unspecified atom stereocenters. The number of likely N-dealkylation sites (tertiary alicyclic amines) is 1. The number of aryl methyl sites for hydroxylation is 1. The zero-order valence-electron chi connectivity index (χ0n) is 14.5. The molecular weight excluding hydrogens is 272 g/mol. The summed E-state index contributed by atoms with van der Waals surface area (Å²) >= 11 is 0. The van der Waals surface area contributed by atoms with Crippen LogP contribution in [0.25, 0.3) is 0 Å². The van der Waals surface area contributed by atoms with E-state index in [1.807, 2.05) is 11.9 Å². The number of benzene rings is 1. The quantitative estimate of drug-likeness (QED) is 0.834. The Kier molecular flexibility index (Phi) is 6.01. The Bertz CT molecular complexity index is 473. The molecule has 122 valence electrons. The van der Waals surface area contributed by atoms with E-state index in [4.69, 9.17) is 0 Å². The molecule has 2 rings (SSSR count). The van der Waals surface area contributed by atoms with Crippen molar-refractivity contribution in [3.05, 3.63) is 35.4 Å². The predicted molar refractivity (Wildman–Crippen MR) is 91.7 cm³/mol. The van der Waals surface area contributed by atoms with E-state index in [-0.39, 0.29) is 5.91 Å². The number of likely N-dealkylation sites (N-methyl/N-ethyl adjacent to an activating group) is 1. The van der Waals surface area contributed by atoms with Crippen molar-refractivity contribution in [3.63, 3.8) is 0 Å². The van der Waals surface area contributed by atoms with Crippen LogP contribution in [0, 0.1) is 11.8 Å². The molecule has 1 aliphatic heterocycles. The number of rotatable bonds is 5. The number of hydrogen-bond donors (Lipinski definition) is 0. The minimum atomic E-state index is 0.223. The van der Waals surface area contributed by atoms with Crippen molar-refractivity contribution in [1.82, 2.24) is 9.80 Å². The first-order valence-corrected chi connectivity index (χ1v) is 8.52. The highest BCUT2D eigenvalue weighted by atomic mass is 16.2. The average molecular weight is 302 g/mol. The summed E-state index contributed by atoms with van der Waals surface area (Å²) < 4.78 is 0. The van der Waals surface area contributed by atoms with Gasteiger partial charge in [-0.2, -0.15) is 0 Å². The third-order valence-electron chi connectivity index (χ3n) is 4.58. The minimum Gasteiger partial charge on any atom is -0.340 e. The zero-order valence-corrected chi connectivity index (χ0v) is 14.5. The lowest BCUT2D eigenvalue weighted by molar-refractivity contribution is -0.132.